The van der Waals surface area contributed by atoms with E-state index in [1.54, 1.807) is 24.1 Å². The Hall–Kier alpha value is -3.80. The first-order valence-corrected chi connectivity index (χ1v) is 10.7. The Morgan fingerprint density at radius 2 is 1.75 bits per heavy atom. The van der Waals surface area contributed by atoms with Gasteiger partial charge >= 0.3 is 0 Å². The minimum Gasteiger partial charge on any atom is -0.493 e. The summed E-state index contributed by atoms with van der Waals surface area (Å²) in [5.41, 5.74) is 3.21. The van der Waals surface area contributed by atoms with Crippen LogP contribution in [0.5, 0.6) is 11.5 Å². The molecule has 1 aliphatic rings. The predicted octanol–water partition coefficient (Wildman–Crippen LogP) is 3.98. The quantitative estimate of drug-likeness (QED) is 0.616. The molecule has 1 heterocycles. The van der Waals surface area contributed by atoms with E-state index in [0.717, 1.165) is 16.8 Å². The first-order valence-electron chi connectivity index (χ1n) is 10.7. The lowest BCUT2D eigenvalue weighted by atomic mass is 10.1. The fourth-order valence-corrected chi connectivity index (χ4v) is 3.97. The maximum Gasteiger partial charge on any atom is 0.259 e. The highest BCUT2D eigenvalue weighted by Crippen LogP contribution is 2.33. The number of amides is 2. The molecule has 4 rings (SSSR count). The number of anilines is 1. The number of nitrogens with zero attached hydrogens (tertiary/aromatic N) is 1. The van der Waals surface area contributed by atoms with Crippen molar-refractivity contribution in [2.24, 2.45) is 0 Å². The molecule has 1 aliphatic heterocycles. The second-order valence-electron chi connectivity index (χ2n) is 7.53. The summed E-state index contributed by atoms with van der Waals surface area (Å²) in [7, 11) is 1.59. The molecule has 0 fully saturated rings. The summed E-state index contributed by atoms with van der Waals surface area (Å²) in [5, 5.41) is 2.99. The molecular formula is C26H26N2O4. The molecule has 6 heteroatoms. The maximum absolute atomic E-state index is 13.3. The fraction of sp³-hybridized carbons (Fsp3) is 0.231. The van der Waals surface area contributed by atoms with E-state index < -0.39 is 6.04 Å². The molecule has 1 N–H and O–H groups in total. The number of benzene rings is 3. The zero-order valence-electron chi connectivity index (χ0n) is 18.2. The second-order valence-corrected chi connectivity index (χ2v) is 7.53. The summed E-state index contributed by atoms with van der Waals surface area (Å²) in [6.45, 7) is 2.75. The third kappa shape index (κ3) is 4.30. The highest BCUT2D eigenvalue weighted by molar-refractivity contribution is 6.11. The Balaban J connectivity index is 1.53. The number of hydrogen-bond acceptors (Lipinski definition) is 4. The molecule has 1 atom stereocenters. The normalized spacial score (nSPS) is 14.6. The van der Waals surface area contributed by atoms with Crippen LogP contribution in [0.15, 0.2) is 72.8 Å². The summed E-state index contributed by atoms with van der Waals surface area (Å²) in [6.07, 6.45) is 0.480. The van der Waals surface area contributed by atoms with Gasteiger partial charge in [-0.1, -0.05) is 42.5 Å². The third-order valence-electron chi connectivity index (χ3n) is 5.51. The zero-order valence-corrected chi connectivity index (χ0v) is 18.2. The van der Waals surface area contributed by atoms with Crippen LogP contribution in [0.1, 0.15) is 28.4 Å². The standard InChI is InChI=1S/C26H26N2O4/c1-3-32-24-15-18(13-14-23(24)31-2)17-27-25(29)22-16-20-11-7-8-12-21(20)28(22)26(30)19-9-5-4-6-10-19/h4-15,22H,3,16-17H2,1-2H3,(H,27,29)/t22-/m1/s1. The largest absolute Gasteiger partial charge is 0.493 e. The molecule has 0 bridgehead atoms. The number of carbonyl (C=O) groups is 2. The number of para-hydroxylation sites is 1. The number of methoxy groups -OCH3 is 1. The van der Waals surface area contributed by atoms with Crippen molar-refractivity contribution in [1.82, 2.24) is 5.32 Å². The molecule has 0 spiro atoms. The van der Waals surface area contributed by atoms with Crippen molar-refractivity contribution in [3.05, 3.63) is 89.5 Å². The van der Waals surface area contributed by atoms with Gasteiger partial charge in [-0.2, -0.15) is 0 Å². The molecule has 6 nitrogen and oxygen atoms in total. The van der Waals surface area contributed by atoms with Crippen LogP contribution in [0, 0.1) is 0 Å². The zero-order chi connectivity index (χ0) is 22.5. The number of nitrogens with one attached hydrogen (secondary N) is 1. The Morgan fingerprint density at radius 3 is 2.50 bits per heavy atom. The number of hydrogen-bond donors (Lipinski definition) is 1. The van der Waals surface area contributed by atoms with Gasteiger partial charge in [0, 0.05) is 24.2 Å². The topological polar surface area (TPSA) is 67.9 Å². The highest BCUT2D eigenvalue weighted by Gasteiger charge is 2.38. The molecule has 0 aromatic heterocycles. The van der Waals surface area contributed by atoms with Gasteiger partial charge < -0.3 is 14.8 Å². The summed E-state index contributed by atoms with van der Waals surface area (Å²) in [5.74, 6) is 0.904. The molecule has 0 saturated carbocycles. The summed E-state index contributed by atoms with van der Waals surface area (Å²) >= 11 is 0. The predicted molar refractivity (Wildman–Crippen MR) is 123 cm³/mol. The van der Waals surface area contributed by atoms with E-state index in [4.69, 9.17) is 9.47 Å². The van der Waals surface area contributed by atoms with Crippen LogP contribution in [0.25, 0.3) is 0 Å². The van der Waals surface area contributed by atoms with Crippen molar-refractivity contribution in [2.45, 2.75) is 25.9 Å². The third-order valence-corrected chi connectivity index (χ3v) is 5.51. The van der Waals surface area contributed by atoms with Crippen molar-refractivity contribution in [2.75, 3.05) is 18.6 Å². The van der Waals surface area contributed by atoms with Crippen LogP contribution in [0.4, 0.5) is 5.69 Å². The molecule has 0 aliphatic carbocycles. The number of ether oxygens (including phenoxy) is 2. The van der Waals surface area contributed by atoms with Gasteiger partial charge in [0.25, 0.3) is 5.91 Å². The second kappa shape index (κ2) is 9.56. The van der Waals surface area contributed by atoms with E-state index in [1.165, 1.54) is 0 Å². The van der Waals surface area contributed by atoms with E-state index in [-0.39, 0.29) is 11.8 Å². The maximum atomic E-state index is 13.3. The minimum absolute atomic E-state index is 0.182. The van der Waals surface area contributed by atoms with Gasteiger partial charge in [0.1, 0.15) is 6.04 Å². The molecule has 0 radical (unpaired) electrons. The number of fused-ring (bicyclic) bond motifs is 1. The van der Waals surface area contributed by atoms with Gasteiger partial charge in [-0.15, -0.1) is 0 Å². The summed E-state index contributed by atoms with van der Waals surface area (Å²) < 4.78 is 10.9. The minimum atomic E-state index is -0.607. The van der Waals surface area contributed by atoms with E-state index in [9.17, 15) is 9.59 Å². The van der Waals surface area contributed by atoms with Crippen molar-refractivity contribution >= 4 is 17.5 Å². The van der Waals surface area contributed by atoms with E-state index in [0.29, 0.717) is 36.6 Å². The van der Waals surface area contributed by atoms with Crippen LogP contribution < -0.4 is 19.7 Å². The van der Waals surface area contributed by atoms with Crippen LogP contribution in [-0.4, -0.2) is 31.6 Å². The molecule has 164 valence electrons. The Bertz CT molecular complexity index is 1110. The number of carbonyl (C=O) groups excluding carboxylic acids is 2. The monoisotopic (exact) mass is 430 g/mol. The molecule has 32 heavy (non-hydrogen) atoms. The SMILES string of the molecule is CCOc1cc(CNC(=O)[C@H]2Cc3ccccc3N2C(=O)c2ccccc2)ccc1OC. The van der Waals surface area contributed by atoms with E-state index >= 15 is 0 Å². The van der Waals surface area contributed by atoms with Crippen molar-refractivity contribution < 1.29 is 19.1 Å². The van der Waals surface area contributed by atoms with Crippen LogP contribution in [-0.2, 0) is 17.8 Å². The molecule has 3 aromatic carbocycles. The van der Waals surface area contributed by atoms with Gasteiger partial charge in [-0.25, -0.2) is 0 Å². The van der Waals surface area contributed by atoms with Gasteiger partial charge in [0.05, 0.1) is 13.7 Å². The van der Waals surface area contributed by atoms with E-state index in [2.05, 4.69) is 5.32 Å². The first-order chi connectivity index (χ1) is 15.6. The average Bonchev–Trinajstić information content (AvgIpc) is 3.22. The van der Waals surface area contributed by atoms with E-state index in [1.807, 2.05) is 67.6 Å². The van der Waals surface area contributed by atoms with Crippen molar-refractivity contribution in [1.29, 1.82) is 0 Å². The molecule has 2 amide bonds. The molecule has 3 aromatic rings. The molecular weight excluding hydrogens is 404 g/mol. The lowest BCUT2D eigenvalue weighted by Crippen LogP contribution is -2.48. The molecule has 0 unspecified atom stereocenters. The average molecular weight is 431 g/mol. The fourth-order valence-electron chi connectivity index (χ4n) is 3.97. The van der Waals surface area contributed by atoms with Gasteiger partial charge in [-0.3, -0.25) is 14.5 Å². The Labute approximate surface area is 187 Å². The summed E-state index contributed by atoms with van der Waals surface area (Å²) in [6, 6.07) is 21.7. The van der Waals surface area contributed by atoms with Gasteiger partial charge in [-0.05, 0) is 48.4 Å². The lowest BCUT2D eigenvalue weighted by molar-refractivity contribution is -0.122. The van der Waals surface area contributed by atoms with Gasteiger partial charge in [0.2, 0.25) is 5.91 Å². The Kier molecular flexibility index (Phi) is 6.40. The van der Waals surface area contributed by atoms with Crippen molar-refractivity contribution in [3.63, 3.8) is 0 Å². The first kappa shape index (κ1) is 21.4. The van der Waals surface area contributed by atoms with Crippen LogP contribution >= 0.6 is 0 Å². The lowest BCUT2D eigenvalue weighted by Gasteiger charge is -2.25. The van der Waals surface area contributed by atoms with Gasteiger partial charge in [0.15, 0.2) is 11.5 Å². The van der Waals surface area contributed by atoms with Crippen LogP contribution in [0.2, 0.25) is 0 Å². The van der Waals surface area contributed by atoms with Crippen LogP contribution in [0.3, 0.4) is 0 Å². The molecule has 0 saturated heterocycles. The smallest absolute Gasteiger partial charge is 0.259 e. The van der Waals surface area contributed by atoms with Crippen molar-refractivity contribution in [3.8, 4) is 11.5 Å². The number of rotatable bonds is 7. The highest BCUT2D eigenvalue weighted by atomic mass is 16.5. The Morgan fingerprint density at radius 1 is 1.00 bits per heavy atom. The summed E-state index contributed by atoms with van der Waals surface area (Å²) in [4.78, 5) is 28.1.